The summed E-state index contributed by atoms with van der Waals surface area (Å²) in [4.78, 5) is 27.7. The Morgan fingerprint density at radius 3 is 2.23 bits per heavy atom. The van der Waals surface area contributed by atoms with Crippen LogP contribution in [0.3, 0.4) is 0 Å². The van der Waals surface area contributed by atoms with E-state index in [1.807, 2.05) is 26.2 Å². The largest absolute Gasteiger partial charge is 0.493 e. The number of anilines is 1. The number of hydrogen-bond acceptors (Lipinski definition) is 5. The number of hydrogen-bond donors (Lipinski definition) is 3. The van der Waals surface area contributed by atoms with Crippen molar-refractivity contribution in [1.82, 2.24) is 10.6 Å². The van der Waals surface area contributed by atoms with Crippen LogP contribution < -0.4 is 20.3 Å². The molecule has 0 unspecified atom stereocenters. The minimum absolute atomic E-state index is 0. The van der Waals surface area contributed by atoms with E-state index in [0.717, 1.165) is 17.7 Å². The van der Waals surface area contributed by atoms with E-state index in [1.54, 1.807) is 30.3 Å². The maximum atomic E-state index is 12.9. The van der Waals surface area contributed by atoms with Gasteiger partial charge >= 0.3 is 0 Å². The number of nitrogens with one attached hydrogen (secondary N) is 2. The summed E-state index contributed by atoms with van der Waals surface area (Å²) in [5.41, 5.74) is 4.96. The van der Waals surface area contributed by atoms with E-state index >= 15 is 0 Å². The summed E-state index contributed by atoms with van der Waals surface area (Å²) < 4.78 is 5.85. The molecule has 3 N–H and O–H groups in total. The summed E-state index contributed by atoms with van der Waals surface area (Å²) >= 11 is 0. The molecule has 1 aliphatic carbocycles. The fourth-order valence-corrected chi connectivity index (χ4v) is 4.02. The van der Waals surface area contributed by atoms with E-state index in [4.69, 9.17) is 9.84 Å². The Balaban J connectivity index is 0.00000420. The second kappa shape index (κ2) is 14.4. The molecule has 2 amide bonds. The molecule has 0 aromatic heterocycles. The third-order valence-electron chi connectivity index (χ3n) is 6.42. The predicted molar refractivity (Wildman–Crippen MR) is 158 cm³/mol. The van der Waals surface area contributed by atoms with Gasteiger partial charge in [0.15, 0.2) is 0 Å². The first-order valence-corrected chi connectivity index (χ1v) is 12.9. The van der Waals surface area contributed by atoms with E-state index in [2.05, 4.69) is 51.9 Å². The third-order valence-corrected chi connectivity index (χ3v) is 6.42. The normalized spacial score (nSPS) is 12.7. The first-order valence-electron chi connectivity index (χ1n) is 12.9. The summed E-state index contributed by atoms with van der Waals surface area (Å²) in [6, 6.07) is 23.2. The molecule has 0 bridgehead atoms. The summed E-state index contributed by atoms with van der Waals surface area (Å²) in [6.07, 6.45) is 4.85. The number of halogens is 1. The molecular formula is C31H36ClN3O4. The number of rotatable bonds is 12. The Bertz CT molecular complexity index is 1250. The van der Waals surface area contributed by atoms with E-state index < -0.39 is 11.8 Å². The van der Waals surface area contributed by atoms with Crippen LogP contribution in [0.15, 0.2) is 78.5 Å². The van der Waals surface area contributed by atoms with E-state index in [-0.39, 0.29) is 31.3 Å². The standard InChI is InChI=1S/C31H35N3O4.ClH/c1-34(2)27-13-5-22(6-14-27)17-20-38-28-15-11-26(12-16-28)30(36)33-29(31(37)32-18-19-35)21-23-3-7-24(8-4-23)25-9-10-25;/h3-8,11-16,21,25,35H,9-10,17-20H2,1-2H3,(H,32,37)(H,33,36);1H/b29-21-;. The number of ether oxygens (including phenoxy) is 1. The van der Waals surface area contributed by atoms with Gasteiger partial charge in [0.25, 0.3) is 11.8 Å². The summed E-state index contributed by atoms with van der Waals surface area (Å²) in [5.74, 6) is 0.440. The zero-order valence-electron chi connectivity index (χ0n) is 22.4. The van der Waals surface area contributed by atoms with Crippen molar-refractivity contribution in [2.75, 3.05) is 38.8 Å². The number of amides is 2. The van der Waals surface area contributed by atoms with Crippen molar-refractivity contribution < 1.29 is 19.4 Å². The molecule has 1 fully saturated rings. The van der Waals surface area contributed by atoms with Crippen LogP contribution in [-0.4, -0.2) is 50.8 Å². The molecule has 1 aliphatic rings. The lowest BCUT2D eigenvalue weighted by molar-refractivity contribution is -0.117. The van der Waals surface area contributed by atoms with Gasteiger partial charge in [-0.15, -0.1) is 12.4 Å². The minimum Gasteiger partial charge on any atom is -0.493 e. The van der Waals surface area contributed by atoms with Crippen molar-refractivity contribution >= 4 is 36.0 Å². The molecule has 0 atom stereocenters. The topological polar surface area (TPSA) is 90.9 Å². The Morgan fingerprint density at radius 2 is 1.64 bits per heavy atom. The highest BCUT2D eigenvalue weighted by atomic mass is 35.5. The van der Waals surface area contributed by atoms with Crippen LogP contribution in [0, 0.1) is 0 Å². The first kappa shape index (κ1) is 29.7. The molecule has 7 nitrogen and oxygen atoms in total. The monoisotopic (exact) mass is 549 g/mol. The smallest absolute Gasteiger partial charge is 0.267 e. The van der Waals surface area contributed by atoms with E-state index in [0.29, 0.717) is 23.8 Å². The highest BCUT2D eigenvalue weighted by molar-refractivity contribution is 6.05. The zero-order chi connectivity index (χ0) is 26.9. The molecule has 0 spiro atoms. The lowest BCUT2D eigenvalue weighted by Gasteiger charge is -2.13. The van der Waals surface area contributed by atoms with E-state index in [9.17, 15) is 9.59 Å². The van der Waals surface area contributed by atoms with Crippen LogP contribution in [-0.2, 0) is 11.2 Å². The van der Waals surface area contributed by atoms with Crippen molar-refractivity contribution in [3.8, 4) is 5.75 Å². The minimum atomic E-state index is -0.461. The second-order valence-electron chi connectivity index (χ2n) is 9.62. The van der Waals surface area contributed by atoms with Gasteiger partial charge in [0.05, 0.1) is 13.2 Å². The lowest BCUT2D eigenvalue weighted by Crippen LogP contribution is -2.36. The summed E-state index contributed by atoms with van der Waals surface area (Å²) in [6.45, 7) is 0.425. The van der Waals surface area contributed by atoms with Crippen LogP contribution in [0.1, 0.15) is 45.8 Å². The quantitative estimate of drug-likeness (QED) is 0.288. The molecule has 0 aliphatic heterocycles. The highest BCUT2D eigenvalue weighted by Gasteiger charge is 2.23. The Morgan fingerprint density at radius 1 is 0.974 bits per heavy atom. The molecular weight excluding hydrogens is 514 g/mol. The van der Waals surface area contributed by atoms with Gasteiger partial charge in [-0.05, 0) is 77.9 Å². The summed E-state index contributed by atoms with van der Waals surface area (Å²) in [7, 11) is 4.02. The molecule has 3 aromatic rings. The van der Waals surface area contributed by atoms with Crippen LogP contribution in [0.5, 0.6) is 5.75 Å². The van der Waals surface area contributed by atoms with Gasteiger partial charge < -0.3 is 25.4 Å². The van der Waals surface area contributed by atoms with Gasteiger partial charge in [-0.2, -0.15) is 0 Å². The maximum Gasteiger partial charge on any atom is 0.267 e. The molecule has 4 rings (SSSR count). The van der Waals surface area contributed by atoms with Crippen LogP contribution in [0.2, 0.25) is 0 Å². The fourth-order valence-electron chi connectivity index (χ4n) is 4.02. The van der Waals surface area contributed by atoms with Crippen molar-refractivity contribution in [3.63, 3.8) is 0 Å². The molecule has 3 aromatic carbocycles. The van der Waals surface area contributed by atoms with Gasteiger partial charge in [-0.25, -0.2) is 0 Å². The van der Waals surface area contributed by atoms with E-state index in [1.165, 1.54) is 24.0 Å². The highest BCUT2D eigenvalue weighted by Crippen LogP contribution is 2.39. The van der Waals surface area contributed by atoms with Gasteiger partial charge in [0.1, 0.15) is 11.4 Å². The Labute approximate surface area is 236 Å². The van der Waals surface area contributed by atoms with Crippen molar-refractivity contribution in [2.45, 2.75) is 25.2 Å². The molecule has 8 heteroatoms. The number of aliphatic hydroxyl groups excluding tert-OH is 1. The second-order valence-corrected chi connectivity index (χ2v) is 9.62. The Hall–Kier alpha value is -3.81. The molecule has 1 saturated carbocycles. The van der Waals surface area contributed by atoms with Gasteiger partial charge in [-0.3, -0.25) is 9.59 Å². The number of carbonyl (C=O) groups excluding carboxylic acids is 2. The van der Waals surface area contributed by atoms with Gasteiger partial charge in [0.2, 0.25) is 0 Å². The van der Waals surface area contributed by atoms with Crippen LogP contribution in [0.25, 0.3) is 6.08 Å². The maximum absolute atomic E-state index is 12.9. The average molecular weight is 550 g/mol. The van der Waals surface area contributed by atoms with Gasteiger partial charge in [-0.1, -0.05) is 36.4 Å². The van der Waals surface area contributed by atoms with Gasteiger partial charge in [0, 0.05) is 38.3 Å². The van der Waals surface area contributed by atoms with Crippen LogP contribution >= 0.6 is 12.4 Å². The van der Waals surface area contributed by atoms with Crippen LogP contribution in [0.4, 0.5) is 5.69 Å². The first-order chi connectivity index (χ1) is 18.4. The third kappa shape index (κ3) is 8.87. The number of benzene rings is 3. The number of carbonyl (C=O) groups is 2. The SMILES string of the molecule is CN(C)c1ccc(CCOc2ccc(C(=O)N/C(=C\c3ccc(C4CC4)cc3)C(=O)NCCO)cc2)cc1.Cl. The predicted octanol–water partition coefficient (Wildman–Crippen LogP) is 4.55. The molecule has 206 valence electrons. The summed E-state index contributed by atoms with van der Waals surface area (Å²) in [5, 5.41) is 14.4. The zero-order valence-corrected chi connectivity index (χ0v) is 23.2. The molecule has 39 heavy (non-hydrogen) atoms. The lowest BCUT2D eigenvalue weighted by atomic mass is 10.1. The van der Waals surface area contributed by atoms with Crippen molar-refractivity contribution in [2.24, 2.45) is 0 Å². The molecule has 0 saturated heterocycles. The molecule has 0 radical (unpaired) electrons. The molecule has 0 heterocycles. The van der Waals surface area contributed by atoms with Crippen molar-refractivity contribution in [3.05, 3.63) is 101 Å². The Kier molecular flexibility index (Phi) is 11.0. The average Bonchev–Trinajstić information content (AvgIpc) is 3.78. The number of nitrogens with zero attached hydrogens (tertiary/aromatic N) is 1. The fraction of sp³-hybridized carbons (Fsp3) is 0.290. The number of aliphatic hydroxyl groups is 1. The van der Waals surface area contributed by atoms with Crippen molar-refractivity contribution in [1.29, 1.82) is 0 Å².